The second-order valence-electron chi connectivity index (χ2n) is 4.65. The molecule has 1 aliphatic heterocycles. The second kappa shape index (κ2) is 6.38. The summed E-state index contributed by atoms with van der Waals surface area (Å²) in [4.78, 5) is 12.7. The predicted molar refractivity (Wildman–Crippen MR) is 59.9 cm³/mol. The fraction of sp³-hybridized carbons (Fsp3) is 0.909. The number of carbonyl (C=O) groups is 1. The number of aliphatic hydroxyl groups excluding tert-OH is 1. The Kier molecular flexibility index (Phi) is 5.40. The van der Waals surface area contributed by atoms with E-state index < -0.39 is 31.3 Å². The van der Waals surface area contributed by atoms with E-state index in [-0.39, 0.29) is 12.5 Å². The molecule has 0 aliphatic carbocycles. The van der Waals surface area contributed by atoms with Gasteiger partial charge in [0.25, 0.3) is 0 Å². The number of piperidine rings is 1. The number of carbonyl (C=O) groups excluding carboxylic acids is 1. The zero-order valence-electron chi connectivity index (χ0n) is 10.3. The van der Waals surface area contributed by atoms with Crippen molar-refractivity contribution >= 4 is 5.91 Å². The number of alkyl halides is 3. The quantitative estimate of drug-likeness (QED) is 0.791. The molecule has 1 aliphatic rings. The Morgan fingerprint density at radius 3 is 2.67 bits per heavy atom. The van der Waals surface area contributed by atoms with Crippen molar-refractivity contribution in [3.63, 3.8) is 0 Å². The fourth-order valence-electron chi connectivity index (χ4n) is 2.18. The zero-order valence-corrected chi connectivity index (χ0v) is 10.3. The van der Waals surface area contributed by atoms with Crippen molar-refractivity contribution in [2.45, 2.75) is 32.0 Å². The maximum absolute atomic E-state index is 12.4. The third-order valence-electron chi connectivity index (χ3n) is 3.09. The SMILES string of the molecule is CC1CCCNC1C(=O)N(CCO)CC(F)(F)F. The van der Waals surface area contributed by atoms with Crippen molar-refractivity contribution in [1.82, 2.24) is 10.2 Å². The maximum Gasteiger partial charge on any atom is 0.406 e. The van der Waals surface area contributed by atoms with E-state index in [9.17, 15) is 18.0 Å². The second-order valence-corrected chi connectivity index (χ2v) is 4.65. The van der Waals surface area contributed by atoms with E-state index in [0.717, 1.165) is 12.8 Å². The summed E-state index contributed by atoms with van der Waals surface area (Å²) >= 11 is 0. The first kappa shape index (κ1) is 15.2. The van der Waals surface area contributed by atoms with Gasteiger partial charge in [-0.3, -0.25) is 4.79 Å². The Morgan fingerprint density at radius 1 is 1.50 bits per heavy atom. The molecule has 0 bridgehead atoms. The molecule has 2 atom stereocenters. The Labute approximate surface area is 104 Å². The highest BCUT2D eigenvalue weighted by Gasteiger charge is 2.37. The molecule has 0 aromatic rings. The van der Waals surface area contributed by atoms with E-state index in [1.54, 1.807) is 0 Å². The number of halogens is 3. The van der Waals surface area contributed by atoms with Crippen molar-refractivity contribution < 1.29 is 23.1 Å². The smallest absolute Gasteiger partial charge is 0.395 e. The van der Waals surface area contributed by atoms with Gasteiger partial charge in [-0.1, -0.05) is 6.92 Å². The molecule has 7 heteroatoms. The van der Waals surface area contributed by atoms with E-state index >= 15 is 0 Å². The van der Waals surface area contributed by atoms with E-state index in [0.29, 0.717) is 11.4 Å². The van der Waals surface area contributed by atoms with Gasteiger partial charge in [-0.15, -0.1) is 0 Å². The van der Waals surface area contributed by atoms with Crippen molar-refractivity contribution in [2.75, 3.05) is 26.2 Å². The number of nitrogens with zero attached hydrogens (tertiary/aromatic N) is 1. The summed E-state index contributed by atoms with van der Waals surface area (Å²) in [6, 6.07) is -0.576. The summed E-state index contributed by atoms with van der Waals surface area (Å²) in [5, 5.41) is 11.7. The molecular weight excluding hydrogens is 249 g/mol. The molecule has 106 valence electrons. The van der Waals surface area contributed by atoms with Gasteiger partial charge in [0.15, 0.2) is 0 Å². The van der Waals surface area contributed by atoms with Crippen molar-refractivity contribution in [3.05, 3.63) is 0 Å². The third kappa shape index (κ3) is 4.45. The molecule has 0 spiro atoms. The van der Waals surface area contributed by atoms with Gasteiger partial charge in [0.1, 0.15) is 6.54 Å². The van der Waals surface area contributed by atoms with Crippen molar-refractivity contribution in [2.24, 2.45) is 5.92 Å². The van der Waals surface area contributed by atoms with Gasteiger partial charge in [0, 0.05) is 6.54 Å². The largest absolute Gasteiger partial charge is 0.406 e. The van der Waals surface area contributed by atoms with Gasteiger partial charge in [0.2, 0.25) is 5.91 Å². The number of rotatable bonds is 4. The van der Waals surface area contributed by atoms with Gasteiger partial charge in [0.05, 0.1) is 12.6 Å². The standard InChI is InChI=1S/C11H19F3N2O2/c1-8-3-2-4-15-9(8)10(18)16(5-6-17)7-11(12,13)14/h8-9,15,17H,2-7H2,1H3. The molecule has 1 saturated heterocycles. The van der Waals surface area contributed by atoms with Crippen LogP contribution in [0.4, 0.5) is 13.2 Å². The summed E-state index contributed by atoms with van der Waals surface area (Å²) in [5.74, 6) is -0.561. The Bertz CT molecular complexity index is 284. The lowest BCUT2D eigenvalue weighted by Gasteiger charge is -2.34. The van der Waals surface area contributed by atoms with Crippen LogP contribution in [0.15, 0.2) is 0 Å². The molecular formula is C11H19F3N2O2. The van der Waals surface area contributed by atoms with Crippen LogP contribution in [0, 0.1) is 5.92 Å². The highest BCUT2D eigenvalue weighted by Crippen LogP contribution is 2.21. The minimum Gasteiger partial charge on any atom is -0.395 e. The molecule has 0 aromatic heterocycles. The predicted octanol–water partition coefficient (Wildman–Crippen LogP) is 0.758. The van der Waals surface area contributed by atoms with Crippen LogP contribution in [0.1, 0.15) is 19.8 Å². The van der Waals surface area contributed by atoms with E-state index in [2.05, 4.69) is 5.32 Å². The molecule has 1 heterocycles. The van der Waals surface area contributed by atoms with Gasteiger partial charge < -0.3 is 15.3 Å². The zero-order chi connectivity index (χ0) is 13.8. The minimum atomic E-state index is -4.44. The molecule has 0 saturated carbocycles. The summed E-state index contributed by atoms with van der Waals surface area (Å²) in [5.41, 5.74) is 0. The first-order chi connectivity index (χ1) is 8.35. The summed E-state index contributed by atoms with van der Waals surface area (Å²) in [6.07, 6.45) is -2.70. The van der Waals surface area contributed by atoms with Crippen LogP contribution in [0.2, 0.25) is 0 Å². The first-order valence-corrected chi connectivity index (χ1v) is 6.05. The normalized spacial score (nSPS) is 24.9. The number of hydrogen-bond acceptors (Lipinski definition) is 3. The molecule has 2 N–H and O–H groups in total. The van der Waals surface area contributed by atoms with Crippen LogP contribution in [0.25, 0.3) is 0 Å². The lowest BCUT2D eigenvalue weighted by Crippen LogP contribution is -2.54. The highest BCUT2D eigenvalue weighted by atomic mass is 19.4. The number of amides is 1. The van der Waals surface area contributed by atoms with Crippen LogP contribution in [-0.2, 0) is 4.79 Å². The van der Waals surface area contributed by atoms with Gasteiger partial charge in [-0.25, -0.2) is 0 Å². The Hall–Kier alpha value is -0.820. The highest BCUT2D eigenvalue weighted by molar-refractivity contribution is 5.82. The minimum absolute atomic E-state index is 0.0145. The average Bonchev–Trinajstić information content (AvgIpc) is 2.26. The fourth-order valence-corrected chi connectivity index (χ4v) is 2.18. The molecule has 1 rings (SSSR count). The van der Waals surface area contributed by atoms with Crippen LogP contribution < -0.4 is 5.32 Å². The maximum atomic E-state index is 12.4. The van der Waals surface area contributed by atoms with Crippen LogP contribution in [-0.4, -0.2) is 54.4 Å². The van der Waals surface area contributed by atoms with Crippen molar-refractivity contribution in [1.29, 1.82) is 0 Å². The molecule has 18 heavy (non-hydrogen) atoms. The van der Waals surface area contributed by atoms with Crippen LogP contribution in [0.3, 0.4) is 0 Å². The van der Waals surface area contributed by atoms with E-state index in [1.165, 1.54) is 0 Å². The number of aliphatic hydroxyl groups is 1. The topological polar surface area (TPSA) is 52.6 Å². The van der Waals surface area contributed by atoms with E-state index in [4.69, 9.17) is 5.11 Å². The molecule has 2 unspecified atom stereocenters. The van der Waals surface area contributed by atoms with Gasteiger partial charge in [-0.2, -0.15) is 13.2 Å². The van der Waals surface area contributed by atoms with Crippen molar-refractivity contribution in [3.8, 4) is 0 Å². The molecule has 1 fully saturated rings. The third-order valence-corrected chi connectivity index (χ3v) is 3.09. The monoisotopic (exact) mass is 268 g/mol. The van der Waals surface area contributed by atoms with Gasteiger partial charge in [-0.05, 0) is 25.3 Å². The summed E-state index contributed by atoms with van der Waals surface area (Å²) in [6.45, 7) is 0.419. The van der Waals surface area contributed by atoms with E-state index in [1.807, 2.05) is 6.92 Å². The summed E-state index contributed by atoms with van der Waals surface area (Å²) < 4.78 is 37.1. The lowest BCUT2D eigenvalue weighted by molar-refractivity contribution is -0.164. The van der Waals surface area contributed by atoms with Crippen LogP contribution in [0.5, 0.6) is 0 Å². The molecule has 0 aromatic carbocycles. The number of hydrogen-bond donors (Lipinski definition) is 2. The van der Waals surface area contributed by atoms with Crippen LogP contribution >= 0.6 is 0 Å². The summed E-state index contributed by atoms with van der Waals surface area (Å²) in [7, 11) is 0. The Balaban J connectivity index is 2.68. The Morgan fingerprint density at radius 2 is 2.17 bits per heavy atom. The lowest BCUT2D eigenvalue weighted by atomic mass is 9.92. The average molecular weight is 268 g/mol. The molecule has 1 amide bonds. The number of nitrogens with one attached hydrogen (secondary N) is 1. The molecule has 4 nitrogen and oxygen atoms in total. The first-order valence-electron chi connectivity index (χ1n) is 6.05. The van der Waals surface area contributed by atoms with Gasteiger partial charge >= 0.3 is 6.18 Å². The molecule has 0 radical (unpaired) electrons.